The minimum absolute atomic E-state index is 0.0513. The highest BCUT2D eigenvalue weighted by Crippen LogP contribution is 2.31. The number of pyridine rings is 1. The molecular formula is C17H20N2O3. The normalized spacial score (nSPS) is 18.2. The van der Waals surface area contributed by atoms with Crippen LogP contribution in [0.15, 0.2) is 41.0 Å². The minimum Gasteiger partial charge on any atom is -0.481 e. The zero-order valence-electron chi connectivity index (χ0n) is 12.6. The van der Waals surface area contributed by atoms with Gasteiger partial charge in [0.25, 0.3) is 0 Å². The van der Waals surface area contributed by atoms with Gasteiger partial charge in [-0.1, -0.05) is 6.07 Å². The maximum Gasteiger partial charge on any atom is 0.306 e. The van der Waals surface area contributed by atoms with Gasteiger partial charge in [-0.05, 0) is 44.0 Å². The van der Waals surface area contributed by atoms with Gasteiger partial charge < -0.3 is 9.52 Å². The molecule has 2 aromatic heterocycles. The fourth-order valence-corrected chi connectivity index (χ4v) is 3.08. The maximum absolute atomic E-state index is 11.1. The highest BCUT2D eigenvalue weighted by molar-refractivity contribution is 5.70. The Labute approximate surface area is 129 Å². The van der Waals surface area contributed by atoms with Crippen LogP contribution in [0.5, 0.6) is 0 Å². The van der Waals surface area contributed by atoms with Crippen LogP contribution in [0.25, 0.3) is 0 Å². The van der Waals surface area contributed by atoms with Crippen LogP contribution in [0.3, 0.4) is 0 Å². The number of aryl methyl sites for hydroxylation is 1. The van der Waals surface area contributed by atoms with Crippen molar-refractivity contribution in [3.8, 4) is 0 Å². The predicted molar refractivity (Wildman–Crippen MR) is 81.5 cm³/mol. The molecule has 3 rings (SSSR count). The summed E-state index contributed by atoms with van der Waals surface area (Å²) in [5, 5.41) is 9.15. The molecular weight excluding hydrogens is 280 g/mol. The number of likely N-dealkylation sites (tertiary alicyclic amines) is 1. The third kappa shape index (κ3) is 3.04. The van der Waals surface area contributed by atoms with Gasteiger partial charge in [-0.15, -0.1) is 0 Å². The third-order valence-corrected chi connectivity index (χ3v) is 4.25. The first-order valence-corrected chi connectivity index (χ1v) is 7.59. The molecule has 1 fully saturated rings. The smallest absolute Gasteiger partial charge is 0.306 e. The first-order chi connectivity index (χ1) is 10.6. The van der Waals surface area contributed by atoms with Gasteiger partial charge in [-0.25, -0.2) is 0 Å². The van der Waals surface area contributed by atoms with E-state index >= 15 is 0 Å². The average Bonchev–Trinajstić information content (AvgIpc) is 3.02. The van der Waals surface area contributed by atoms with Crippen LogP contribution in [-0.2, 0) is 4.79 Å². The number of carboxylic acids is 1. The Hall–Kier alpha value is -2.14. The molecule has 0 amide bonds. The van der Waals surface area contributed by atoms with Crippen molar-refractivity contribution < 1.29 is 14.3 Å². The van der Waals surface area contributed by atoms with E-state index in [1.165, 1.54) is 0 Å². The first kappa shape index (κ1) is 14.8. The molecule has 1 aliphatic rings. The van der Waals surface area contributed by atoms with Crippen LogP contribution in [0.2, 0.25) is 0 Å². The van der Waals surface area contributed by atoms with Crippen LogP contribution in [0.1, 0.15) is 36.0 Å². The van der Waals surface area contributed by atoms with Gasteiger partial charge in [0.1, 0.15) is 11.8 Å². The summed E-state index contributed by atoms with van der Waals surface area (Å²) in [7, 11) is 0. The molecule has 0 aliphatic carbocycles. The standard InChI is InChI=1S/C17H20N2O3/c1-12-4-2-5-14(18-12)16(15-6-3-11-22-15)19-9-7-13(8-10-19)17(20)21/h2-6,11,13,16H,7-10H2,1H3,(H,20,21). The van der Waals surface area contributed by atoms with Crippen molar-refractivity contribution in [1.29, 1.82) is 0 Å². The SMILES string of the molecule is Cc1cccc(C(c2ccco2)N2CCC(C(=O)O)CC2)n1. The van der Waals surface area contributed by atoms with Crippen molar-refractivity contribution in [1.82, 2.24) is 9.88 Å². The van der Waals surface area contributed by atoms with Crippen molar-refractivity contribution in [3.63, 3.8) is 0 Å². The quantitative estimate of drug-likeness (QED) is 0.940. The molecule has 22 heavy (non-hydrogen) atoms. The van der Waals surface area contributed by atoms with E-state index in [0.717, 1.165) is 30.2 Å². The highest BCUT2D eigenvalue weighted by Gasteiger charge is 2.32. The summed E-state index contributed by atoms with van der Waals surface area (Å²) < 4.78 is 5.62. The van der Waals surface area contributed by atoms with Gasteiger partial charge in [0.2, 0.25) is 0 Å². The molecule has 1 atom stereocenters. The van der Waals surface area contributed by atoms with E-state index < -0.39 is 5.97 Å². The number of hydrogen-bond acceptors (Lipinski definition) is 4. The lowest BCUT2D eigenvalue weighted by Crippen LogP contribution is -2.39. The molecule has 5 heteroatoms. The molecule has 0 bridgehead atoms. The second-order valence-corrected chi connectivity index (χ2v) is 5.77. The molecule has 0 radical (unpaired) electrons. The van der Waals surface area contributed by atoms with Crippen molar-refractivity contribution in [2.45, 2.75) is 25.8 Å². The van der Waals surface area contributed by atoms with Gasteiger partial charge in [-0.3, -0.25) is 14.7 Å². The van der Waals surface area contributed by atoms with Gasteiger partial charge in [-0.2, -0.15) is 0 Å². The molecule has 1 unspecified atom stereocenters. The topological polar surface area (TPSA) is 66.6 Å². The molecule has 116 valence electrons. The van der Waals surface area contributed by atoms with Crippen LogP contribution < -0.4 is 0 Å². The van der Waals surface area contributed by atoms with E-state index in [1.807, 2.05) is 37.3 Å². The summed E-state index contributed by atoms with van der Waals surface area (Å²) >= 11 is 0. The number of aliphatic carboxylic acids is 1. The number of nitrogens with zero attached hydrogens (tertiary/aromatic N) is 2. The van der Waals surface area contributed by atoms with E-state index in [-0.39, 0.29) is 12.0 Å². The Morgan fingerprint density at radius 1 is 1.32 bits per heavy atom. The fourth-order valence-electron chi connectivity index (χ4n) is 3.08. The number of furan rings is 1. The molecule has 1 saturated heterocycles. The molecule has 3 heterocycles. The van der Waals surface area contributed by atoms with Crippen molar-refractivity contribution in [3.05, 3.63) is 53.7 Å². The van der Waals surface area contributed by atoms with Gasteiger partial charge in [0.05, 0.1) is 17.9 Å². The van der Waals surface area contributed by atoms with Crippen LogP contribution in [0.4, 0.5) is 0 Å². The Balaban J connectivity index is 1.86. The zero-order valence-corrected chi connectivity index (χ0v) is 12.6. The van der Waals surface area contributed by atoms with E-state index in [4.69, 9.17) is 9.52 Å². The molecule has 0 saturated carbocycles. The molecule has 1 aliphatic heterocycles. The summed E-state index contributed by atoms with van der Waals surface area (Å²) in [6, 6.07) is 9.75. The van der Waals surface area contributed by atoms with E-state index in [2.05, 4.69) is 9.88 Å². The molecule has 1 N–H and O–H groups in total. The number of carboxylic acid groups (broad SMARTS) is 1. The van der Waals surface area contributed by atoms with Crippen molar-refractivity contribution in [2.24, 2.45) is 5.92 Å². The first-order valence-electron chi connectivity index (χ1n) is 7.59. The number of hydrogen-bond donors (Lipinski definition) is 1. The Bertz CT molecular complexity index is 631. The maximum atomic E-state index is 11.1. The Kier molecular flexibility index (Phi) is 4.24. The summed E-state index contributed by atoms with van der Waals surface area (Å²) in [6.45, 7) is 3.44. The highest BCUT2D eigenvalue weighted by atomic mass is 16.4. The van der Waals surface area contributed by atoms with E-state index in [0.29, 0.717) is 12.8 Å². The molecule has 0 spiro atoms. The van der Waals surface area contributed by atoms with Gasteiger partial charge in [0, 0.05) is 18.8 Å². The second kappa shape index (κ2) is 6.32. The largest absolute Gasteiger partial charge is 0.481 e. The summed E-state index contributed by atoms with van der Waals surface area (Å²) in [5.74, 6) is -0.0753. The summed E-state index contributed by atoms with van der Waals surface area (Å²) in [4.78, 5) is 18.0. The van der Waals surface area contributed by atoms with Crippen molar-refractivity contribution in [2.75, 3.05) is 13.1 Å². The van der Waals surface area contributed by atoms with Crippen LogP contribution in [0, 0.1) is 12.8 Å². The lowest BCUT2D eigenvalue weighted by molar-refractivity contribution is -0.143. The van der Waals surface area contributed by atoms with Gasteiger partial charge in [0.15, 0.2) is 0 Å². The Morgan fingerprint density at radius 2 is 2.09 bits per heavy atom. The van der Waals surface area contributed by atoms with Crippen molar-refractivity contribution >= 4 is 5.97 Å². The molecule has 0 aromatic carbocycles. The Morgan fingerprint density at radius 3 is 2.68 bits per heavy atom. The predicted octanol–water partition coefficient (Wildman–Crippen LogP) is 2.87. The number of carbonyl (C=O) groups is 1. The monoisotopic (exact) mass is 300 g/mol. The second-order valence-electron chi connectivity index (χ2n) is 5.77. The average molecular weight is 300 g/mol. The lowest BCUT2D eigenvalue weighted by atomic mass is 9.94. The number of aromatic nitrogens is 1. The van der Waals surface area contributed by atoms with Crippen LogP contribution in [-0.4, -0.2) is 34.0 Å². The van der Waals surface area contributed by atoms with E-state index in [1.54, 1.807) is 6.26 Å². The third-order valence-electron chi connectivity index (χ3n) is 4.25. The number of rotatable bonds is 4. The summed E-state index contributed by atoms with van der Waals surface area (Å²) in [5.41, 5.74) is 1.92. The molecule has 5 nitrogen and oxygen atoms in total. The zero-order chi connectivity index (χ0) is 15.5. The summed E-state index contributed by atoms with van der Waals surface area (Å²) in [6.07, 6.45) is 3.00. The minimum atomic E-state index is -0.692. The van der Waals surface area contributed by atoms with Gasteiger partial charge >= 0.3 is 5.97 Å². The molecule has 2 aromatic rings. The lowest BCUT2D eigenvalue weighted by Gasteiger charge is -2.35. The number of piperidine rings is 1. The van der Waals surface area contributed by atoms with Crippen LogP contribution >= 0.6 is 0 Å². The van der Waals surface area contributed by atoms with E-state index in [9.17, 15) is 4.79 Å². The fraction of sp³-hybridized carbons (Fsp3) is 0.412.